The number of nitrogens with zero attached hydrogens (tertiary/aromatic N) is 1. The van der Waals surface area contributed by atoms with Gasteiger partial charge < -0.3 is 10.6 Å². The van der Waals surface area contributed by atoms with Gasteiger partial charge in [-0.25, -0.2) is 4.98 Å². The van der Waals surface area contributed by atoms with Crippen LogP contribution in [0.5, 0.6) is 0 Å². The number of anilines is 1. The number of carbonyl (C=O) groups excluding carboxylic acids is 1. The molecule has 1 amide bonds. The highest BCUT2D eigenvalue weighted by Gasteiger charge is 2.38. The maximum absolute atomic E-state index is 12.0. The Labute approximate surface area is 102 Å². The summed E-state index contributed by atoms with van der Waals surface area (Å²) >= 11 is 0. The Kier molecular flexibility index (Phi) is 3.31. The topological polar surface area (TPSA) is 54.0 Å². The molecule has 92 valence electrons. The van der Waals surface area contributed by atoms with Crippen LogP contribution >= 0.6 is 0 Å². The summed E-state index contributed by atoms with van der Waals surface area (Å²) in [6.07, 6.45) is 4.86. The Bertz CT molecular complexity index is 413. The standard InChI is InChI=1S/C13H19N3O/c1-3-7-14-11-9-10(4-8-15-11)12(17)16-13(2)5-6-13/h4,8-9H,3,5-7H2,1-2H3,(H,14,15)(H,16,17). The van der Waals surface area contributed by atoms with Gasteiger partial charge in [-0.05, 0) is 38.3 Å². The van der Waals surface area contributed by atoms with Gasteiger partial charge in [0.1, 0.15) is 5.82 Å². The highest BCUT2D eigenvalue weighted by molar-refractivity contribution is 5.95. The molecule has 1 aliphatic rings. The molecule has 0 spiro atoms. The van der Waals surface area contributed by atoms with Crippen molar-refractivity contribution >= 4 is 11.7 Å². The molecular formula is C13H19N3O. The number of hydrogen-bond donors (Lipinski definition) is 2. The molecule has 2 rings (SSSR count). The third-order valence-corrected chi connectivity index (χ3v) is 2.99. The molecule has 1 aromatic heterocycles. The van der Waals surface area contributed by atoms with Crippen LogP contribution in [0.1, 0.15) is 43.5 Å². The minimum atomic E-state index is -0.00746. The summed E-state index contributed by atoms with van der Waals surface area (Å²) in [5.41, 5.74) is 0.698. The van der Waals surface area contributed by atoms with E-state index in [-0.39, 0.29) is 11.4 Å². The Morgan fingerprint density at radius 2 is 2.29 bits per heavy atom. The monoisotopic (exact) mass is 233 g/mol. The molecule has 1 aromatic rings. The summed E-state index contributed by atoms with van der Waals surface area (Å²) in [6.45, 7) is 5.04. The number of carbonyl (C=O) groups is 1. The van der Waals surface area contributed by atoms with E-state index in [1.54, 1.807) is 18.3 Å². The molecule has 1 heterocycles. The molecule has 4 nitrogen and oxygen atoms in total. The number of nitrogens with one attached hydrogen (secondary N) is 2. The Morgan fingerprint density at radius 3 is 2.94 bits per heavy atom. The zero-order chi connectivity index (χ0) is 12.3. The van der Waals surface area contributed by atoms with Gasteiger partial charge in [0.2, 0.25) is 0 Å². The van der Waals surface area contributed by atoms with Crippen molar-refractivity contribution in [2.24, 2.45) is 0 Å². The summed E-state index contributed by atoms with van der Waals surface area (Å²) in [5, 5.41) is 6.21. The van der Waals surface area contributed by atoms with Gasteiger partial charge in [0.25, 0.3) is 5.91 Å². The molecule has 0 bridgehead atoms. The molecule has 0 radical (unpaired) electrons. The molecule has 0 unspecified atom stereocenters. The zero-order valence-electron chi connectivity index (χ0n) is 10.4. The smallest absolute Gasteiger partial charge is 0.251 e. The molecular weight excluding hydrogens is 214 g/mol. The summed E-state index contributed by atoms with van der Waals surface area (Å²) in [4.78, 5) is 16.1. The van der Waals surface area contributed by atoms with E-state index in [1.165, 1.54) is 0 Å². The normalized spacial score (nSPS) is 16.4. The lowest BCUT2D eigenvalue weighted by molar-refractivity contribution is 0.0935. The number of aromatic nitrogens is 1. The summed E-state index contributed by atoms with van der Waals surface area (Å²) in [6, 6.07) is 3.55. The van der Waals surface area contributed by atoms with Crippen molar-refractivity contribution in [1.29, 1.82) is 0 Å². The van der Waals surface area contributed by atoms with Crippen molar-refractivity contribution in [3.63, 3.8) is 0 Å². The number of hydrogen-bond acceptors (Lipinski definition) is 3. The molecule has 1 aliphatic carbocycles. The van der Waals surface area contributed by atoms with Gasteiger partial charge in [0, 0.05) is 23.8 Å². The lowest BCUT2D eigenvalue weighted by Gasteiger charge is -2.12. The van der Waals surface area contributed by atoms with Crippen LogP contribution in [0, 0.1) is 0 Å². The van der Waals surface area contributed by atoms with Gasteiger partial charge in [-0.2, -0.15) is 0 Å². The van der Waals surface area contributed by atoms with E-state index >= 15 is 0 Å². The second-order valence-electron chi connectivity index (χ2n) is 4.87. The van der Waals surface area contributed by atoms with E-state index in [0.717, 1.165) is 31.6 Å². The van der Waals surface area contributed by atoms with E-state index < -0.39 is 0 Å². The lowest BCUT2D eigenvalue weighted by atomic mass is 10.2. The van der Waals surface area contributed by atoms with Gasteiger partial charge >= 0.3 is 0 Å². The predicted molar refractivity (Wildman–Crippen MR) is 68.1 cm³/mol. The fourth-order valence-electron chi connectivity index (χ4n) is 1.58. The molecule has 17 heavy (non-hydrogen) atoms. The summed E-state index contributed by atoms with van der Waals surface area (Å²) < 4.78 is 0. The molecule has 0 aromatic carbocycles. The Hall–Kier alpha value is -1.58. The van der Waals surface area contributed by atoms with Crippen molar-refractivity contribution in [2.75, 3.05) is 11.9 Å². The molecule has 0 saturated heterocycles. The second-order valence-corrected chi connectivity index (χ2v) is 4.87. The third-order valence-electron chi connectivity index (χ3n) is 2.99. The SMILES string of the molecule is CCCNc1cc(C(=O)NC2(C)CC2)ccn1. The fraction of sp³-hybridized carbons (Fsp3) is 0.538. The number of rotatable bonds is 5. The van der Waals surface area contributed by atoms with Crippen molar-refractivity contribution in [3.8, 4) is 0 Å². The van der Waals surface area contributed by atoms with Gasteiger partial charge in [-0.3, -0.25) is 4.79 Å². The molecule has 0 aliphatic heterocycles. The Morgan fingerprint density at radius 1 is 1.53 bits per heavy atom. The summed E-state index contributed by atoms with van der Waals surface area (Å²) in [7, 11) is 0. The average molecular weight is 233 g/mol. The quantitative estimate of drug-likeness (QED) is 0.819. The van der Waals surface area contributed by atoms with E-state index in [1.807, 2.05) is 0 Å². The van der Waals surface area contributed by atoms with E-state index in [9.17, 15) is 4.79 Å². The fourth-order valence-corrected chi connectivity index (χ4v) is 1.58. The van der Waals surface area contributed by atoms with Crippen LogP contribution in [-0.2, 0) is 0 Å². The van der Waals surface area contributed by atoms with E-state index in [0.29, 0.717) is 5.56 Å². The third kappa shape index (κ3) is 3.19. The minimum Gasteiger partial charge on any atom is -0.370 e. The molecule has 0 atom stereocenters. The first kappa shape index (κ1) is 11.9. The lowest BCUT2D eigenvalue weighted by Crippen LogP contribution is -2.34. The largest absolute Gasteiger partial charge is 0.370 e. The van der Waals surface area contributed by atoms with Crippen LogP contribution < -0.4 is 10.6 Å². The maximum atomic E-state index is 12.0. The average Bonchev–Trinajstić information content (AvgIpc) is 3.04. The first-order chi connectivity index (χ1) is 8.13. The number of pyridine rings is 1. The first-order valence-electron chi connectivity index (χ1n) is 6.15. The van der Waals surface area contributed by atoms with Gasteiger partial charge in [0.05, 0.1) is 0 Å². The predicted octanol–water partition coefficient (Wildman–Crippen LogP) is 2.19. The molecule has 4 heteroatoms. The summed E-state index contributed by atoms with van der Waals surface area (Å²) in [5.74, 6) is 0.757. The van der Waals surface area contributed by atoms with Crippen molar-refractivity contribution < 1.29 is 4.79 Å². The van der Waals surface area contributed by atoms with Crippen LogP contribution in [0.15, 0.2) is 18.3 Å². The van der Waals surface area contributed by atoms with Crippen molar-refractivity contribution in [1.82, 2.24) is 10.3 Å². The highest BCUT2D eigenvalue weighted by atomic mass is 16.1. The van der Waals surface area contributed by atoms with E-state index in [4.69, 9.17) is 0 Å². The zero-order valence-corrected chi connectivity index (χ0v) is 10.4. The van der Waals surface area contributed by atoms with Crippen LogP contribution in [0.2, 0.25) is 0 Å². The number of amides is 1. The van der Waals surface area contributed by atoms with Crippen LogP contribution in [0.3, 0.4) is 0 Å². The minimum absolute atomic E-state index is 0.00746. The van der Waals surface area contributed by atoms with E-state index in [2.05, 4.69) is 29.5 Å². The molecule has 1 fully saturated rings. The highest BCUT2D eigenvalue weighted by Crippen LogP contribution is 2.34. The molecule has 2 N–H and O–H groups in total. The van der Waals surface area contributed by atoms with Gasteiger partial charge in [0.15, 0.2) is 0 Å². The van der Waals surface area contributed by atoms with Crippen LogP contribution in [0.25, 0.3) is 0 Å². The maximum Gasteiger partial charge on any atom is 0.251 e. The van der Waals surface area contributed by atoms with Crippen molar-refractivity contribution in [3.05, 3.63) is 23.9 Å². The van der Waals surface area contributed by atoms with Crippen LogP contribution in [0.4, 0.5) is 5.82 Å². The van der Waals surface area contributed by atoms with Crippen molar-refractivity contribution in [2.45, 2.75) is 38.6 Å². The van der Waals surface area contributed by atoms with Crippen LogP contribution in [-0.4, -0.2) is 23.0 Å². The van der Waals surface area contributed by atoms with Gasteiger partial charge in [-0.1, -0.05) is 6.92 Å². The second kappa shape index (κ2) is 4.73. The van der Waals surface area contributed by atoms with Gasteiger partial charge in [-0.15, -0.1) is 0 Å². The Balaban J connectivity index is 2.01. The first-order valence-corrected chi connectivity index (χ1v) is 6.15. The molecule has 1 saturated carbocycles.